The summed E-state index contributed by atoms with van der Waals surface area (Å²) in [6, 6.07) is 12.4. The second kappa shape index (κ2) is 8.72. The highest BCUT2D eigenvalue weighted by Crippen LogP contribution is 2.28. The minimum absolute atomic E-state index is 0.0468. The molecule has 2 aromatic rings. The van der Waals surface area contributed by atoms with Crippen molar-refractivity contribution >= 4 is 11.7 Å². The Balaban J connectivity index is 1.73. The summed E-state index contributed by atoms with van der Waals surface area (Å²) in [6.07, 6.45) is 8.11. The maximum absolute atomic E-state index is 13.2. The van der Waals surface area contributed by atoms with Crippen LogP contribution in [-0.2, 0) is 0 Å². The number of hydrogen-bond acceptors (Lipinski definition) is 4. The fourth-order valence-electron chi connectivity index (χ4n) is 4.39. The molecule has 0 bridgehead atoms. The van der Waals surface area contributed by atoms with Gasteiger partial charge >= 0.3 is 0 Å². The maximum atomic E-state index is 13.2. The van der Waals surface area contributed by atoms with Crippen molar-refractivity contribution < 1.29 is 4.79 Å². The molecule has 1 aromatic heterocycles. The average molecular weight is 379 g/mol. The van der Waals surface area contributed by atoms with E-state index in [1.807, 2.05) is 41.3 Å². The predicted octanol–water partition coefficient (Wildman–Crippen LogP) is 4.54. The number of nitrogens with zero attached hydrogens (tertiary/aromatic N) is 4. The molecule has 2 aliphatic heterocycles. The van der Waals surface area contributed by atoms with E-state index in [0.717, 1.165) is 50.3 Å². The molecule has 1 aromatic carbocycles. The lowest BCUT2D eigenvalue weighted by molar-refractivity contribution is 0.0718. The zero-order valence-corrected chi connectivity index (χ0v) is 16.8. The first-order valence-electron chi connectivity index (χ1n) is 10.8. The molecule has 0 saturated carbocycles. The summed E-state index contributed by atoms with van der Waals surface area (Å²) in [4.78, 5) is 27.1. The van der Waals surface area contributed by atoms with Gasteiger partial charge in [-0.25, -0.2) is 9.97 Å². The van der Waals surface area contributed by atoms with Gasteiger partial charge in [0.05, 0.1) is 0 Å². The lowest BCUT2D eigenvalue weighted by Gasteiger charge is -2.36. The number of likely N-dealkylation sites (tertiary alicyclic amines) is 1. The van der Waals surface area contributed by atoms with Crippen LogP contribution in [0.3, 0.4) is 0 Å². The molecule has 0 N–H and O–H groups in total. The molecule has 2 saturated heterocycles. The molecule has 1 unspecified atom stereocenters. The van der Waals surface area contributed by atoms with Crippen LogP contribution in [0.2, 0.25) is 0 Å². The lowest BCUT2D eigenvalue weighted by Crippen LogP contribution is -2.40. The van der Waals surface area contributed by atoms with Gasteiger partial charge in [0.1, 0.15) is 11.5 Å². The highest BCUT2D eigenvalue weighted by Gasteiger charge is 2.26. The van der Waals surface area contributed by atoms with Crippen molar-refractivity contribution in [1.82, 2.24) is 14.9 Å². The largest absolute Gasteiger partial charge is 0.354 e. The van der Waals surface area contributed by atoms with Crippen molar-refractivity contribution in [3.8, 4) is 11.4 Å². The van der Waals surface area contributed by atoms with E-state index in [-0.39, 0.29) is 5.91 Å². The molecule has 2 fully saturated rings. The van der Waals surface area contributed by atoms with Gasteiger partial charge in [-0.3, -0.25) is 4.79 Å². The lowest BCUT2D eigenvalue weighted by atomic mass is 10.00. The van der Waals surface area contributed by atoms with E-state index in [1.165, 1.54) is 25.7 Å². The molecule has 1 amide bonds. The summed E-state index contributed by atoms with van der Waals surface area (Å²) in [5.74, 6) is 1.60. The van der Waals surface area contributed by atoms with Crippen LogP contribution in [0.5, 0.6) is 0 Å². The van der Waals surface area contributed by atoms with Crippen LogP contribution >= 0.6 is 0 Å². The number of rotatable bonds is 4. The van der Waals surface area contributed by atoms with Crippen molar-refractivity contribution in [3.05, 3.63) is 42.1 Å². The first-order valence-corrected chi connectivity index (χ1v) is 10.8. The Morgan fingerprint density at radius 2 is 1.75 bits per heavy atom. The Morgan fingerprint density at radius 3 is 2.50 bits per heavy atom. The van der Waals surface area contributed by atoms with Crippen molar-refractivity contribution in [1.29, 1.82) is 0 Å². The van der Waals surface area contributed by atoms with Gasteiger partial charge in [0.15, 0.2) is 5.82 Å². The summed E-state index contributed by atoms with van der Waals surface area (Å²) < 4.78 is 0. The number of amides is 1. The summed E-state index contributed by atoms with van der Waals surface area (Å²) in [5, 5.41) is 0. The van der Waals surface area contributed by atoms with Crippen LogP contribution in [-0.4, -0.2) is 46.5 Å². The maximum Gasteiger partial charge on any atom is 0.272 e. The Kier molecular flexibility index (Phi) is 5.89. The normalized spacial score (nSPS) is 20.2. The number of hydrogen-bond donors (Lipinski definition) is 0. The molecule has 28 heavy (non-hydrogen) atoms. The molecule has 2 aliphatic rings. The average Bonchev–Trinajstić information content (AvgIpc) is 2.79. The highest BCUT2D eigenvalue weighted by molar-refractivity contribution is 5.93. The van der Waals surface area contributed by atoms with Crippen LogP contribution in [0.1, 0.15) is 62.4 Å². The van der Waals surface area contributed by atoms with Crippen LogP contribution in [0, 0.1) is 0 Å². The van der Waals surface area contributed by atoms with Gasteiger partial charge in [-0.2, -0.15) is 0 Å². The van der Waals surface area contributed by atoms with E-state index in [4.69, 9.17) is 9.97 Å². The third-order valence-electron chi connectivity index (χ3n) is 6.00. The smallest absolute Gasteiger partial charge is 0.272 e. The van der Waals surface area contributed by atoms with E-state index in [9.17, 15) is 4.79 Å². The molecule has 0 aliphatic carbocycles. The van der Waals surface area contributed by atoms with E-state index < -0.39 is 0 Å². The third-order valence-corrected chi connectivity index (χ3v) is 6.00. The fraction of sp³-hybridized carbons (Fsp3) is 0.522. The summed E-state index contributed by atoms with van der Waals surface area (Å²) in [7, 11) is 0. The standard InChI is InChI=1S/C23H30N4O/c1-2-19-13-7-10-16-27(19)21-17-20(23(28)26-14-8-4-9-15-26)24-22(25-21)18-11-5-3-6-12-18/h3,5-6,11-12,17,19H,2,4,7-10,13-16H2,1H3. The number of carbonyl (C=O) groups excluding carboxylic acids is 1. The molecule has 0 spiro atoms. The van der Waals surface area contributed by atoms with Gasteiger partial charge in [-0.05, 0) is 44.9 Å². The Morgan fingerprint density at radius 1 is 1.00 bits per heavy atom. The molecular weight excluding hydrogens is 348 g/mol. The zero-order valence-electron chi connectivity index (χ0n) is 16.8. The first-order chi connectivity index (χ1) is 13.8. The van der Waals surface area contributed by atoms with Gasteiger partial charge in [0, 0.05) is 37.3 Å². The van der Waals surface area contributed by atoms with Crippen LogP contribution in [0.15, 0.2) is 36.4 Å². The van der Waals surface area contributed by atoms with Crippen molar-refractivity contribution in [3.63, 3.8) is 0 Å². The molecule has 3 heterocycles. The van der Waals surface area contributed by atoms with Crippen molar-refractivity contribution in [2.75, 3.05) is 24.5 Å². The van der Waals surface area contributed by atoms with Crippen LogP contribution in [0.25, 0.3) is 11.4 Å². The van der Waals surface area contributed by atoms with Gasteiger partial charge < -0.3 is 9.80 Å². The topological polar surface area (TPSA) is 49.3 Å². The first kappa shape index (κ1) is 18.9. The van der Waals surface area contributed by atoms with Gasteiger partial charge in [-0.15, -0.1) is 0 Å². The van der Waals surface area contributed by atoms with Gasteiger partial charge in [0.2, 0.25) is 0 Å². The number of carbonyl (C=O) groups is 1. The number of anilines is 1. The Hall–Kier alpha value is -2.43. The Bertz CT molecular complexity index is 802. The summed E-state index contributed by atoms with van der Waals surface area (Å²) >= 11 is 0. The molecule has 1 atom stereocenters. The third kappa shape index (κ3) is 4.03. The number of piperidine rings is 2. The van der Waals surface area contributed by atoms with E-state index in [2.05, 4.69) is 11.8 Å². The minimum atomic E-state index is 0.0468. The number of benzene rings is 1. The van der Waals surface area contributed by atoms with Gasteiger partial charge in [0.25, 0.3) is 5.91 Å². The SMILES string of the molecule is CCC1CCCCN1c1cc(C(=O)N2CCCCC2)nc(-c2ccccc2)n1. The van der Waals surface area contributed by atoms with Crippen LogP contribution in [0.4, 0.5) is 5.82 Å². The second-order valence-electron chi connectivity index (χ2n) is 7.91. The number of aromatic nitrogens is 2. The monoisotopic (exact) mass is 378 g/mol. The zero-order chi connectivity index (χ0) is 19.3. The predicted molar refractivity (Wildman–Crippen MR) is 112 cm³/mol. The molecule has 5 heteroatoms. The summed E-state index contributed by atoms with van der Waals surface area (Å²) in [6.45, 7) is 4.91. The Labute approximate surface area is 167 Å². The molecular formula is C23H30N4O. The van der Waals surface area contributed by atoms with E-state index in [1.54, 1.807) is 0 Å². The van der Waals surface area contributed by atoms with Crippen molar-refractivity contribution in [2.45, 2.75) is 57.9 Å². The quantitative estimate of drug-likeness (QED) is 0.784. The fourth-order valence-corrected chi connectivity index (χ4v) is 4.39. The van der Waals surface area contributed by atoms with Gasteiger partial charge in [-0.1, -0.05) is 37.3 Å². The summed E-state index contributed by atoms with van der Waals surface area (Å²) in [5.41, 5.74) is 1.49. The highest BCUT2D eigenvalue weighted by atomic mass is 16.2. The minimum Gasteiger partial charge on any atom is -0.354 e. The van der Waals surface area contributed by atoms with E-state index in [0.29, 0.717) is 17.6 Å². The molecule has 4 rings (SSSR count). The molecule has 5 nitrogen and oxygen atoms in total. The van der Waals surface area contributed by atoms with E-state index >= 15 is 0 Å². The molecule has 148 valence electrons. The second-order valence-corrected chi connectivity index (χ2v) is 7.91. The van der Waals surface area contributed by atoms with Crippen molar-refractivity contribution in [2.24, 2.45) is 0 Å². The van der Waals surface area contributed by atoms with Crippen LogP contribution < -0.4 is 4.90 Å². The molecule has 0 radical (unpaired) electrons.